The van der Waals surface area contributed by atoms with Gasteiger partial charge in [0, 0.05) is 5.66 Å². The SMILES string of the molecule is CC1COOP1. The maximum absolute atomic E-state index is 4.58. The summed E-state index contributed by atoms with van der Waals surface area (Å²) in [5, 5.41) is 0. The largest absolute Gasteiger partial charge is 0.233 e. The van der Waals surface area contributed by atoms with Crippen LogP contribution in [-0.4, -0.2) is 12.3 Å². The Bertz CT molecular complexity index is 42.1. The van der Waals surface area contributed by atoms with Gasteiger partial charge >= 0.3 is 0 Å². The highest BCUT2D eigenvalue weighted by atomic mass is 31.1. The Kier molecular flexibility index (Phi) is 1.41. The molecule has 0 aromatic rings. The van der Waals surface area contributed by atoms with Crippen LogP contribution in [0.4, 0.5) is 0 Å². The molecule has 6 heavy (non-hydrogen) atoms. The lowest BCUT2D eigenvalue weighted by atomic mass is 10.5. The van der Waals surface area contributed by atoms with E-state index in [0.29, 0.717) is 14.5 Å². The molecule has 0 aliphatic carbocycles. The maximum atomic E-state index is 4.58. The molecule has 1 heterocycles. The van der Waals surface area contributed by atoms with Gasteiger partial charge in [0.05, 0.1) is 15.4 Å². The molecule has 0 aromatic heterocycles. The molecule has 1 saturated heterocycles. The zero-order chi connectivity index (χ0) is 4.41. The molecule has 0 saturated carbocycles. The molecule has 0 aromatic carbocycles. The molecule has 1 aliphatic heterocycles. The van der Waals surface area contributed by atoms with Gasteiger partial charge in [0.1, 0.15) is 0 Å². The van der Waals surface area contributed by atoms with Crippen LogP contribution in [0, 0.1) is 0 Å². The topological polar surface area (TPSA) is 18.5 Å². The first kappa shape index (κ1) is 4.51. The van der Waals surface area contributed by atoms with Crippen LogP contribution in [0.15, 0.2) is 0 Å². The standard InChI is InChI=1S/C3H7O2P/c1-3-2-4-5-6-3/h3,6H,2H2,1H3. The number of hydrogen-bond acceptors (Lipinski definition) is 2. The van der Waals surface area contributed by atoms with E-state index >= 15 is 0 Å². The highest BCUT2D eigenvalue weighted by Crippen LogP contribution is 2.26. The lowest BCUT2D eigenvalue weighted by Gasteiger charge is -1.84. The van der Waals surface area contributed by atoms with Crippen molar-refractivity contribution in [3.8, 4) is 0 Å². The van der Waals surface area contributed by atoms with Crippen LogP contribution < -0.4 is 0 Å². The fourth-order valence-corrected chi connectivity index (χ4v) is 0.723. The Balaban J connectivity index is 2.18. The molecule has 0 radical (unpaired) electrons. The fraction of sp³-hybridized carbons (Fsp3) is 1.00. The van der Waals surface area contributed by atoms with Gasteiger partial charge in [-0.05, 0) is 0 Å². The number of rotatable bonds is 0. The zero-order valence-corrected chi connectivity index (χ0v) is 4.60. The third kappa shape index (κ3) is 0.904. The van der Waals surface area contributed by atoms with E-state index in [-0.39, 0.29) is 0 Å². The molecule has 2 atom stereocenters. The lowest BCUT2D eigenvalue weighted by molar-refractivity contribution is -0.174. The average molecular weight is 106 g/mol. The van der Waals surface area contributed by atoms with Gasteiger partial charge in [-0.15, -0.1) is 0 Å². The molecule has 2 unspecified atom stereocenters. The van der Waals surface area contributed by atoms with E-state index in [2.05, 4.69) is 16.5 Å². The van der Waals surface area contributed by atoms with E-state index in [9.17, 15) is 0 Å². The Hall–Kier alpha value is 0.350. The molecule has 0 spiro atoms. The van der Waals surface area contributed by atoms with Crippen LogP contribution >= 0.6 is 8.81 Å². The molecule has 1 aliphatic rings. The lowest BCUT2D eigenvalue weighted by Crippen LogP contribution is -1.92. The molecule has 36 valence electrons. The van der Waals surface area contributed by atoms with Crippen molar-refractivity contribution in [1.82, 2.24) is 0 Å². The summed E-state index contributed by atoms with van der Waals surface area (Å²) in [4.78, 5) is 4.57. The predicted molar refractivity (Wildman–Crippen MR) is 24.8 cm³/mol. The highest BCUT2D eigenvalue weighted by Gasteiger charge is 2.09. The first-order valence-electron chi connectivity index (χ1n) is 1.93. The minimum atomic E-state index is 0.560. The van der Waals surface area contributed by atoms with E-state index in [1.807, 2.05) is 0 Å². The van der Waals surface area contributed by atoms with Gasteiger partial charge in [0.15, 0.2) is 0 Å². The van der Waals surface area contributed by atoms with Crippen molar-refractivity contribution in [1.29, 1.82) is 0 Å². The summed E-state index contributed by atoms with van der Waals surface area (Å²) in [7, 11) is 0.560. The van der Waals surface area contributed by atoms with E-state index in [4.69, 9.17) is 0 Å². The van der Waals surface area contributed by atoms with Crippen molar-refractivity contribution in [2.24, 2.45) is 0 Å². The summed E-state index contributed by atoms with van der Waals surface area (Å²) in [6.45, 7) is 2.88. The molecule has 3 heteroatoms. The Morgan fingerprint density at radius 2 is 2.67 bits per heavy atom. The molecule has 0 bridgehead atoms. The monoisotopic (exact) mass is 106 g/mol. The predicted octanol–water partition coefficient (Wildman–Crippen LogP) is 0.930. The summed E-state index contributed by atoms with van der Waals surface area (Å²) in [6, 6.07) is 0. The van der Waals surface area contributed by atoms with Crippen LogP contribution in [0.5, 0.6) is 0 Å². The van der Waals surface area contributed by atoms with Crippen LogP contribution in [0.25, 0.3) is 0 Å². The summed E-state index contributed by atoms with van der Waals surface area (Å²) < 4.78 is 4.58. The Morgan fingerprint density at radius 1 is 1.83 bits per heavy atom. The van der Waals surface area contributed by atoms with Gasteiger partial charge < -0.3 is 0 Å². The molecular formula is C3H7O2P. The first-order chi connectivity index (χ1) is 2.89. The van der Waals surface area contributed by atoms with Crippen molar-refractivity contribution in [2.75, 3.05) is 6.61 Å². The third-order valence-corrected chi connectivity index (χ3v) is 1.41. The summed E-state index contributed by atoms with van der Waals surface area (Å²) in [5.74, 6) is 0. The van der Waals surface area contributed by atoms with Crippen LogP contribution in [0.2, 0.25) is 0 Å². The third-order valence-electron chi connectivity index (χ3n) is 0.626. The smallest absolute Gasteiger partial charge is 0.0910 e. The van der Waals surface area contributed by atoms with Crippen molar-refractivity contribution in [2.45, 2.75) is 12.6 Å². The first-order valence-corrected chi connectivity index (χ1v) is 2.92. The quantitative estimate of drug-likeness (QED) is 0.338. The molecule has 1 fully saturated rings. The second-order valence-electron chi connectivity index (χ2n) is 1.39. The van der Waals surface area contributed by atoms with Crippen molar-refractivity contribution >= 4 is 8.81 Å². The minimum absolute atomic E-state index is 0.560. The Labute approximate surface area is 38.6 Å². The van der Waals surface area contributed by atoms with Gasteiger partial charge in [-0.2, -0.15) is 0 Å². The van der Waals surface area contributed by atoms with E-state index in [1.165, 1.54) is 0 Å². The van der Waals surface area contributed by atoms with Gasteiger partial charge in [-0.1, -0.05) is 6.92 Å². The van der Waals surface area contributed by atoms with E-state index in [1.54, 1.807) is 0 Å². The molecule has 0 amide bonds. The summed E-state index contributed by atoms with van der Waals surface area (Å²) in [6.07, 6.45) is 0. The minimum Gasteiger partial charge on any atom is -0.233 e. The van der Waals surface area contributed by atoms with Gasteiger partial charge in [0.25, 0.3) is 0 Å². The van der Waals surface area contributed by atoms with Crippen molar-refractivity contribution < 1.29 is 9.56 Å². The van der Waals surface area contributed by atoms with Crippen LogP contribution in [0.3, 0.4) is 0 Å². The van der Waals surface area contributed by atoms with Crippen molar-refractivity contribution in [3.05, 3.63) is 0 Å². The normalized spacial score (nSPS) is 38.5. The molecule has 2 nitrogen and oxygen atoms in total. The van der Waals surface area contributed by atoms with Gasteiger partial charge in [0.2, 0.25) is 0 Å². The van der Waals surface area contributed by atoms with E-state index in [0.717, 1.165) is 6.61 Å². The molecule has 1 rings (SSSR count). The highest BCUT2D eigenvalue weighted by molar-refractivity contribution is 7.33. The molecule has 0 N–H and O–H groups in total. The fourth-order valence-electron chi connectivity index (χ4n) is 0.286. The summed E-state index contributed by atoms with van der Waals surface area (Å²) in [5.41, 5.74) is 0.630. The van der Waals surface area contributed by atoms with Gasteiger partial charge in [-0.25, -0.2) is 9.56 Å². The Morgan fingerprint density at radius 3 is 2.83 bits per heavy atom. The second-order valence-corrected chi connectivity index (χ2v) is 2.77. The van der Waals surface area contributed by atoms with Crippen LogP contribution in [-0.2, 0) is 9.56 Å². The number of hydrogen-bond donors (Lipinski definition) is 0. The molecular weight excluding hydrogens is 99.0 g/mol. The van der Waals surface area contributed by atoms with E-state index < -0.39 is 0 Å². The zero-order valence-electron chi connectivity index (χ0n) is 3.60. The summed E-state index contributed by atoms with van der Waals surface area (Å²) >= 11 is 0. The second kappa shape index (κ2) is 1.87. The van der Waals surface area contributed by atoms with Crippen LogP contribution in [0.1, 0.15) is 6.92 Å². The van der Waals surface area contributed by atoms with Gasteiger partial charge in [-0.3, -0.25) is 0 Å². The average Bonchev–Trinajstić information content (AvgIpc) is 1.86. The van der Waals surface area contributed by atoms with Crippen molar-refractivity contribution in [3.63, 3.8) is 0 Å². The maximum Gasteiger partial charge on any atom is 0.0910 e.